The fourth-order valence-corrected chi connectivity index (χ4v) is 2.26. The summed E-state index contributed by atoms with van der Waals surface area (Å²) < 4.78 is 1.90. The molecule has 1 aromatic heterocycles. The smallest absolute Gasteiger partial charge is 0.169 e. The number of aromatic nitrogens is 3. The minimum atomic E-state index is 0.547. The van der Waals surface area contributed by atoms with Crippen LogP contribution in [0.3, 0.4) is 0 Å². The van der Waals surface area contributed by atoms with Gasteiger partial charge in [0.15, 0.2) is 5.82 Å². The number of nitrogen functional groups attached to an aromatic ring is 1. The molecule has 17 heavy (non-hydrogen) atoms. The van der Waals surface area contributed by atoms with Crippen molar-refractivity contribution in [3.05, 3.63) is 35.0 Å². The second-order valence-corrected chi connectivity index (χ2v) is 4.84. The minimum absolute atomic E-state index is 0.547. The van der Waals surface area contributed by atoms with Crippen LogP contribution in [0.1, 0.15) is 35.6 Å². The molecule has 0 saturated heterocycles. The van der Waals surface area contributed by atoms with Gasteiger partial charge in [-0.2, -0.15) is 0 Å². The van der Waals surface area contributed by atoms with Crippen LogP contribution in [0.2, 0.25) is 0 Å². The molecule has 4 nitrogen and oxygen atoms in total. The number of nitrogens with two attached hydrogens (primary N) is 1. The van der Waals surface area contributed by atoms with Crippen LogP contribution in [0.15, 0.2) is 18.2 Å². The molecule has 1 aliphatic rings. The molecule has 1 aliphatic carbocycles. The molecule has 1 aromatic carbocycles. The SMILES string of the molecule is Cc1ccc(-n2nnc(N)c2C2CC2)c(C)c1. The lowest BCUT2D eigenvalue weighted by molar-refractivity contribution is 0.759. The fraction of sp³-hybridized carbons (Fsp3) is 0.385. The third-order valence-electron chi connectivity index (χ3n) is 3.28. The predicted octanol–water partition coefficient (Wildman–Crippen LogP) is 2.34. The molecule has 1 saturated carbocycles. The monoisotopic (exact) mass is 228 g/mol. The maximum Gasteiger partial charge on any atom is 0.169 e. The number of rotatable bonds is 2. The molecule has 0 spiro atoms. The Morgan fingerprint density at radius 1 is 1.29 bits per heavy atom. The van der Waals surface area contributed by atoms with E-state index in [0.717, 1.165) is 11.4 Å². The van der Waals surface area contributed by atoms with Gasteiger partial charge in [0.25, 0.3) is 0 Å². The molecular formula is C13H16N4. The van der Waals surface area contributed by atoms with E-state index in [9.17, 15) is 0 Å². The van der Waals surface area contributed by atoms with Crippen molar-refractivity contribution in [1.29, 1.82) is 0 Å². The highest BCUT2D eigenvalue weighted by atomic mass is 15.4. The van der Waals surface area contributed by atoms with Gasteiger partial charge in [-0.3, -0.25) is 0 Å². The first kappa shape index (κ1) is 10.3. The lowest BCUT2D eigenvalue weighted by atomic mass is 10.1. The Kier molecular flexibility index (Phi) is 2.18. The third kappa shape index (κ3) is 1.69. The summed E-state index contributed by atoms with van der Waals surface area (Å²) in [5.74, 6) is 1.12. The number of nitrogens with zero attached hydrogens (tertiary/aromatic N) is 3. The molecular weight excluding hydrogens is 212 g/mol. The molecule has 88 valence electrons. The Morgan fingerprint density at radius 2 is 2.06 bits per heavy atom. The largest absolute Gasteiger partial charge is 0.381 e. The first-order valence-corrected chi connectivity index (χ1v) is 5.95. The van der Waals surface area contributed by atoms with Crippen molar-refractivity contribution < 1.29 is 0 Å². The quantitative estimate of drug-likeness (QED) is 0.858. The van der Waals surface area contributed by atoms with Crippen molar-refractivity contribution in [3.8, 4) is 5.69 Å². The number of anilines is 1. The van der Waals surface area contributed by atoms with Gasteiger partial charge in [-0.05, 0) is 38.3 Å². The van der Waals surface area contributed by atoms with E-state index < -0.39 is 0 Å². The van der Waals surface area contributed by atoms with E-state index >= 15 is 0 Å². The first-order chi connectivity index (χ1) is 8.16. The van der Waals surface area contributed by atoms with Crippen molar-refractivity contribution in [3.63, 3.8) is 0 Å². The maximum absolute atomic E-state index is 5.91. The van der Waals surface area contributed by atoms with Crippen molar-refractivity contribution in [1.82, 2.24) is 15.0 Å². The summed E-state index contributed by atoms with van der Waals surface area (Å²) in [5.41, 5.74) is 10.5. The normalized spacial score (nSPS) is 15.2. The van der Waals surface area contributed by atoms with Crippen molar-refractivity contribution >= 4 is 5.82 Å². The van der Waals surface area contributed by atoms with Crippen LogP contribution in [0.4, 0.5) is 5.82 Å². The molecule has 0 unspecified atom stereocenters. The van der Waals surface area contributed by atoms with E-state index in [0.29, 0.717) is 11.7 Å². The van der Waals surface area contributed by atoms with Crippen LogP contribution in [0, 0.1) is 13.8 Å². The summed E-state index contributed by atoms with van der Waals surface area (Å²) in [6.45, 7) is 4.19. The molecule has 0 amide bonds. The molecule has 0 aliphatic heterocycles. The molecule has 0 bridgehead atoms. The van der Waals surface area contributed by atoms with Gasteiger partial charge in [-0.1, -0.05) is 22.9 Å². The second kappa shape index (κ2) is 3.58. The average Bonchev–Trinajstić information content (AvgIpc) is 3.03. The molecule has 1 heterocycles. The lowest BCUT2D eigenvalue weighted by Crippen LogP contribution is -2.04. The van der Waals surface area contributed by atoms with Crippen molar-refractivity contribution in [2.24, 2.45) is 0 Å². The molecule has 2 aromatic rings. The summed E-state index contributed by atoms with van der Waals surface area (Å²) in [6.07, 6.45) is 2.39. The second-order valence-electron chi connectivity index (χ2n) is 4.84. The Labute approximate surface area is 100 Å². The third-order valence-corrected chi connectivity index (χ3v) is 3.28. The predicted molar refractivity (Wildman–Crippen MR) is 67.2 cm³/mol. The molecule has 0 atom stereocenters. The first-order valence-electron chi connectivity index (χ1n) is 5.95. The van der Waals surface area contributed by atoms with Gasteiger partial charge >= 0.3 is 0 Å². The van der Waals surface area contributed by atoms with Crippen LogP contribution < -0.4 is 5.73 Å². The highest BCUT2D eigenvalue weighted by Crippen LogP contribution is 2.42. The van der Waals surface area contributed by atoms with Crippen LogP contribution >= 0.6 is 0 Å². The van der Waals surface area contributed by atoms with E-state index in [-0.39, 0.29) is 0 Å². The van der Waals surface area contributed by atoms with Gasteiger partial charge < -0.3 is 5.73 Å². The Bertz CT molecular complexity index is 567. The summed E-state index contributed by atoms with van der Waals surface area (Å²) in [6, 6.07) is 6.34. The zero-order valence-electron chi connectivity index (χ0n) is 10.1. The van der Waals surface area contributed by atoms with Crippen LogP contribution in [-0.4, -0.2) is 15.0 Å². The standard InChI is InChI=1S/C13H16N4/c1-8-3-6-11(9(2)7-8)17-12(10-4-5-10)13(14)15-16-17/h3,6-7,10H,4-5,14H2,1-2H3. The van der Waals surface area contributed by atoms with Gasteiger partial charge in [0.2, 0.25) is 0 Å². The van der Waals surface area contributed by atoms with Crippen LogP contribution in [-0.2, 0) is 0 Å². The Morgan fingerprint density at radius 3 is 2.71 bits per heavy atom. The number of aryl methyl sites for hydroxylation is 2. The summed E-state index contributed by atoms with van der Waals surface area (Å²) in [7, 11) is 0. The zero-order valence-corrected chi connectivity index (χ0v) is 10.1. The molecule has 1 fully saturated rings. The fourth-order valence-electron chi connectivity index (χ4n) is 2.26. The highest BCUT2D eigenvalue weighted by Gasteiger charge is 2.31. The van der Waals surface area contributed by atoms with E-state index in [1.807, 2.05) is 4.68 Å². The van der Waals surface area contributed by atoms with E-state index in [2.05, 4.69) is 42.4 Å². The number of hydrogen-bond acceptors (Lipinski definition) is 3. The summed E-state index contributed by atoms with van der Waals surface area (Å²) >= 11 is 0. The Balaban J connectivity index is 2.14. The average molecular weight is 228 g/mol. The zero-order chi connectivity index (χ0) is 12.0. The molecule has 0 radical (unpaired) electrons. The molecule has 2 N–H and O–H groups in total. The van der Waals surface area contributed by atoms with Crippen LogP contribution in [0.5, 0.6) is 0 Å². The number of benzene rings is 1. The van der Waals surface area contributed by atoms with E-state index in [1.165, 1.54) is 24.0 Å². The van der Waals surface area contributed by atoms with Gasteiger partial charge in [0.1, 0.15) is 0 Å². The van der Waals surface area contributed by atoms with E-state index in [1.54, 1.807) is 0 Å². The van der Waals surface area contributed by atoms with E-state index in [4.69, 9.17) is 5.73 Å². The summed E-state index contributed by atoms with van der Waals surface area (Å²) in [5, 5.41) is 8.19. The summed E-state index contributed by atoms with van der Waals surface area (Å²) in [4.78, 5) is 0. The van der Waals surface area contributed by atoms with Crippen LogP contribution in [0.25, 0.3) is 5.69 Å². The molecule has 4 heteroatoms. The molecule has 3 rings (SSSR count). The van der Waals surface area contributed by atoms with Crippen molar-refractivity contribution in [2.45, 2.75) is 32.6 Å². The van der Waals surface area contributed by atoms with Gasteiger partial charge in [0, 0.05) is 5.92 Å². The minimum Gasteiger partial charge on any atom is -0.381 e. The lowest BCUT2D eigenvalue weighted by Gasteiger charge is -2.09. The Hall–Kier alpha value is -1.84. The van der Waals surface area contributed by atoms with Gasteiger partial charge in [-0.25, -0.2) is 4.68 Å². The topological polar surface area (TPSA) is 56.7 Å². The highest BCUT2D eigenvalue weighted by molar-refractivity contribution is 5.48. The van der Waals surface area contributed by atoms with Gasteiger partial charge in [-0.15, -0.1) is 5.10 Å². The maximum atomic E-state index is 5.91. The number of hydrogen-bond donors (Lipinski definition) is 1. The van der Waals surface area contributed by atoms with Crippen molar-refractivity contribution in [2.75, 3.05) is 5.73 Å². The van der Waals surface area contributed by atoms with Gasteiger partial charge in [0.05, 0.1) is 11.4 Å².